The van der Waals surface area contributed by atoms with Crippen LogP contribution >= 0.6 is 0 Å². The molecule has 1 atom stereocenters. The van der Waals surface area contributed by atoms with Crippen LogP contribution in [0.1, 0.15) is 12.6 Å². The molecule has 1 aromatic rings. The normalized spacial score (nSPS) is 12.6. The molecule has 15 heavy (non-hydrogen) atoms. The van der Waals surface area contributed by atoms with Gasteiger partial charge in [-0.25, -0.2) is 14.4 Å². The third kappa shape index (κ3) is 2.86. The van der Waals surface area contributed by atoms with Gasteiger partial charge in [0.2, 0.25) is 0 Å². The lowest BCUT2D eigenvalue weighted by Crippen LogP contribution is -2.29. The Kier molecular flexibility index (Phi) is 3.96. The molecule has 0 aliphatic carbocycles. The number of nitrogens with two attached hydrogens (primary N) is 1. The van der Waals surface area contributed by atoms with Crippen LogP contribution in [0.15, 0.2) is 6.33 Å². The predicted molar refractivity (Wildman–Crippen MR) is 58.2 cm³/mol. The molecule has 1 heterocycles. The molecule has 0 bridgehead atoms. The van der Waals surface area contributed by atoms with E-state index in [4.69, 9.17) is 5.73 Å². The van der Waals surface area contributed by atoms with E-state index in [-0.39, 0.29) is 5.82 Å². The summed E-state index contributed by atoms with van der Waals surface area (Å²) in [7, 11) is 1.80. The number of hydrogen-bond donors (Lipinski definition) is 1. The average Bonchev–Trinajstić information content (AvgIpc) is 2.21. The number of nitrogens with zero attached hydrogens (tertiary/aromatic N) is 3. The molecule has 4 nitrogen and oxygen atoms in total. The molecule has 5 heteroatoms. The minimum atomic E-state index is -0.357. The van der Waals surface area contributed by atoms with Crippen LogP contribution in [0.4, 0.5) is 10.2 Å². The van der Waals surface area contributed by atoms with E-state index in [9.17, 15) is 4.39 Å². The van der Waals surface area contributed by atoms with Crippen LogP contribution < -0.4 is 10.6 Å². The van der Waals surface area contributed by atoms with E-state index in [0.29, 0.717) is 30.5 Å². The number of anilines is 1. The Labute approximate surface area is 89.3 Å². The van der Waals surface area contributed by atoms with Gasteiger partial charge in [0.25, 0.3) is 0 Å². The van der Waals surface area contributed by atoms with Crippen molar-refractivity contribution in [2.75, 3.05) is 25.0 Å². The van der Waals surface area contributed by atoms with Crippen LogP contribution in [0.25, 0.3) is 0 Å². The maximum atomic E-state index is 13.6. The molecule has 0 spiro atoms. The van der Waals surface area contributed by atoms with E-state index in [1.54, 1.807) is 18.9 Å². The molecule has 0 aliphatic heterocycles. The van der Waals surface area contributed by atoms with Crippen molar-refractivity contribution in [3.8, 4) is 0 Å². The van der Waals surface area contributed by atoms with Crippen molar-refractivity contribution in [2.24, 2.45) is 11.7 Å². The summed E-state index contributed by atoms with van der Waals surface area (Å²) in [6.45, 7) is 4.91. The summed E-state index contributed by atoms with van der Waals surface area (Å²) < 4.78 is 13.6. The molecule has 0 saturated heterocycles. The van der Waals surface area contributed by atoms with Crippen molar-refractivity contribution in [1.82, 2.24) is 9.97 Å². The number of aryl methyl sites for hydroxylation is 1. The van der Waals surface area contributed by atoms with Crippen LogP contribution in [0.2, 0.25) is 0 Å². The van der Waals surface area contributed by atoms with Crippen LogP contribution in [0.3, 0.4) is 0 Å². The summed E-state index contributed by atoms with van der Waals surface area (Å²) in [6.07, 6.45) is 1.37. The fourth-order valence-electron chi connectivity index (χ4n) is 1.34. The third-order valence-electron chi connectivity index (χ3n) is 2.29. The van der Waals surface area contributed by atoms with Crippen molar-refractivity contribution >= 4 is 5.82 Å². The Balaban J connectivity index is 2.82. The Morgan fingerprint density at radius 2 is 2.20 bits per heavy atom. The molecule has 0 radical (unpaired) electrons. The first kappa shape index (κ1) is 11.8. The Hall–Kier alpha value is -1.23. The van der Waals surface area contributed by atoms with Gasteiger partial charge in [-0.15, -0.1) is 0 Å². The van der Waals surface area contributed by atoms with E-state index < -0.39 is 0 Å². The van der Waals surface area contributed by atoms with E-state index in [2.05, 4.69) is 9.97 Å². The van der Waals surface area contributed by atoms with Gasteiger partial charge in [0, 0.05) is 13.6 Å². The minimum absolute atomic E-state index is 0.310. The summed E-state index contributed by atoms with van der Waals surface area (Å²) in [5, 5.41) is 0. The standard InChI is InChI=1S/C10H17FN4/c1-7(4-12)5-15(3)10-9(11)8(2)13-6-14-10/h6-7H,4-5,12H2,1-3H3. The molecule has 0 fully saturated rings. The van der Waals surface area contributed by atoms with E-state index in [1.807, 2.05) is 6.92 Å². The van der Waals surface area contributed by atoms with Crippen molar-refractivity contribution < 1.29 is 4.39 Å². The summed E-state index contributed by atoms with van der Waals surface area (Å²) in [4.78, 5) is 9.47. The van der Waals surface area contributed by atoms with Crippen molar-refractivity contribution in [1.29, 1.82) is 0 Å². The molecule has 0 amide bonds. The highest BCUT2D eigenvalue weighted by molar-refractivity contribution is 5.39. The van der Waals surface area contributed by atoms with Crippen LogP contribution in [0, 0.1) is 18.7 Å². The first-order valence-corrected chi connectivity index (χ1v) is 4.94. The summed E-state index contributed by atoms with van der Waals surface area (Å²) in [5.74, 6) is 0.289. The second kappa shape index (κ2) is 5.02. The van der Waals surface area contributed by atoms with Crippen molar-refractivity contribution in [3.63, 3.8) is 0 Å². The fraction of sp³-hybridized carbons (Fsp3) is 0.600. The third-order valence-corrected chi connectivity index (χ3v) is 2.29. The van der Waals surface area contributed by atoms with Gasteiger partial charge in [-0.05, 0) is 19.4 Å². The largest absolute Gasteiger partial charge is 0.357 e. The average molecular weight is 212 g/mol. The molecule has 84 valence electrons. The zero-order valence-electron chi connectivity index (χ0n) is 9.37. The van der Waals surface area contributed by atoms with Crippen molar-refractivity contribution in [2.45, 2.75) is 13.8 Å². The van der Waals surface area contributed by atoms with Gasteiger partial charge < -0.3 is 10.6 Å². The van der Waals surface area contributed by atoms with E-state index in [0.717, 1.165) is 0 Å². The SMILES string of the molecule is Cc1ncnc(N(C)CC(C)CN)c1F. The number of hydrogen-bond acceptors (Lipinski definition) is 4. The summed E-state index contributed by atoms with van der Waals surface area (Å²) >= 11 is 0. The molecule has 2 N–H and O–H groups in total. The number of halogens is 1. The molecule has 0 saturated carbocycles. The minimum Gasteiger partial charge on any atom is -0.357 e. The Morgan fingerprint density at radius 1 is 1.53 bits per heavy atom. The van der Waals surface area contributed by atoms with Gasteiger partial charge in [0.05, 0.1) is 5.69 Å². The van der Waals surface area contributed by atoms with Gasteiger partial charge in [-0.2, -0.15) is 0 Å². The quantitative estimate of drug-likeness (QED) is 0.807. The van der Waals surface area contributed by atoms with Gasteiger partial charge >= 0.3 is 0 Å². The molecule has 0 aliphatic rings. The second-order valence-electron chi connectivity index (χ2n) is 3.82. The van der Waals surface area contributed by atoms with E-state index in [1.165, 1.54) is 6.33 Å². The maximum Gasteiger partial charge on any atom is 0.186 e. The number of rotatable bonds is 4. The molecule has 1 unspecified atom stereocenters. The van der Waals surface area contributed by atoms with Gasteiger partial charge in [-0.1, -0.05) is 6.92 Å². The van der Waals surface area contributed by atoms with Gasteiger partial charge in [0.15, 0.2) is 11.6 Å². The van der Waals surface area contributed by atoms with Crippen LogP contribution in [-0.4, -0.2) is 30.1 Å². The second-order valence-corrected chi connectivity index (χ2v) is 3.82. The first-order valence-electron chi connectivity index (χ1n) is 4.94. The molecule has 1 rings (SSSR count). The Morgan fingerprint density at radius 3 is 2.80 bits per heavy atom. The lowest BCUT2D eigenvalue weighted by atomic mass is 10.2. The van der Waals surface area contributed by atoms with E-state index >= 15 is 0 Å². The van der Waals surface area contributed by atoms with Gasteiger partial charge in [-0.3, -0.25) is 0 Å². The monoisotopic (exact) mass is 212 g/mol. The molecular formula is C10H17FN4. The molecule has 1 aromatic heterocycles. The number of aromatic nitrogens is 2. The summed E-state index contributed by atoms with van der Waals surface area (Å²) in [5.41, 5.74) is 5.88. The highest BCUT2D eigenvalue weighted by atomic mass is 19.1. The highest BCUT2D eigenvalue weighted by Crippen LogP contribution is 2.16. The van der Waals surface area contributed by atoms with Crippen LogP contribution in [0.5, 0.6) is 0 Å². The Bertz CT molecular complexity index is 329. The summed E-state index contributed by atoms with van der Waals surface area (Å²) in [6, 6.07) is 0. The zero-order chi connectivity index (χ0) is 11.4. The predicted octanol–water partition coefficient (Wildman–Crippen LogP) is 0.955. The fourth-order valence-corrected chi connectivity index (χ4v) is 1.34. The van der Waals surface area contributed by atoms with Crippen LogP contribution in [-0.2, 0) is 0 Å². The molecular weight excluding hydrogens is 195 g/mol. The van der Waals surface area contributed by atoms with Gasteiger partial charge in [0.1, 0.15) is 6.33 Å². The lowest BCUT2D eigenvalue weighted by Gasteiger charge is -2.22. The maximum absolute atomic E-state index is 13.6. The zero-order valence-corrected chi connectivity index (χ0v) is 9.37. The lowest BCUT2D eigenvalue weighted by molar-refractivity contribution is 0.560. The molecule has 0 aromatic carbocycles. The highest BCUT2D eigenvalue weighted by Gasteiger charge is 2.13. The topological polar surface area (TPSA) is 55.0 Å². The smallest absolute Gasteiger partial charge is 0.186 e. The first-order chi connectivity index (χ1) is 7.06. The van der Waals surface area contributed by atoms with Crippen molar-refractivity contribution in [3.05, 3.63) is 17.8 Å².